The van der Waals surface area contributed by atoms with Crippen molar-refractivity contribution in [3.8, 4) is 11.5 Å². The SMILES string of the molecule is CC[C@@H](Oc1cccc(CN(CCCOc2ccc(C)cc2)c2nc3ccccc3o2)c1)C(C)=O. The number of ketones is 1. The van der Waals surface area contributed by atoms with E-state index in [4.69, 9.17) is 18.9 Å². The van der Waals surface area contributed by atoms with Gasteiger partial charge in [0.05, 0.1) is 6.61 Å². The van der Waals surface area contributed by atoms with E-state index in [0.29, 0.717) is 37.9 Å². The number of hydrogen-bond acceptors (Lipinski definition) is 6. The molecule has 0 radical (unpaired) electrons. The lowest BCUT2D eigenvalue weighted by Crippen LogP contribution is -2.26. The number of para-hydroxylation sites is 2. The fraction of sp³-hybridized carbons (Fsp3) is 0.310. The van der Waals surface area contributed by atoms with Gasteiger partial charge in [0, 0.05) is 13.1 Å². The zero-order valence-corrected chi connectivity index (χ0v) is 20.6. The first-order valence-electron chi connectivity index (χ1n) is 12.1. The van der Waals surface area contributed by atoms with Crippen molar-refractivity contribution in [1.29, 1.82) is 0 Å². The molecule has 0 N–H and O–H groups in total. The molecule has 0 aliphatic carbocycles. The van der Waals surface area contributed by atoms with Crippen molar-refractivity contribution in [3.05, 3.63) is 83.9 Å². The summed E-state index contributed by atoms with van der Waals surface area (Å²) in [4.78, 5) is 18.6. The number of carbonyl (C=O) groups excluding carboxylic acids is 1. The van der Waals surface area contributed by atoms with Crippen LogP contribution in [0.4, 0.5) is 6.01 Å². The summed E-state index contributed by atoms with van der Waals surface area (Å²) in [7, 11) is 0. The number of anilines is 1. The number of oxazole rings is 1. The van der Waals surface area contributed by atoms with Crippen LogP contribution in [-0.2, 0) is 11.3 Å². The summed E-state index contributed by atoms with van der Waals surface area (Å²) in [5.74, 6) is 1.58. The largest absolute Gasteiger partial charge is 0.494 e. The molecule has 0 saturated heterocycles. The Morgan fingerprint density at radius 1 is 1.03 bits per heavy atom. The highest BCUT2D eigenvalue weighted by molar-refractivity contribution is 5.80. The van der Waals surface area contributed by atoms with Crippen molar-refractivity contribution in [2.24, 2.45) is 0 Å². The molecule has 0 aliphatic heterocycles. The number of rotatable bonds is 12. The summed E-state index contributed by atoms with van der Waals surface area (Å²) in [5.41, 5.74) is 3.84. The number of carbonyl (C=O) groups is 1. The number of hydrogen-bond donors (Lipinski definition) is 0. The Labute approximate surface area is 206 Å². The molecule has 35 heavy (non-hydrogen) atoms. The van der Waals surface area contributed by atoms with Gasteiger partial charge in [0.1, 0.15) is 17.0 Å². The van der Waals surface area contributed by atoms with Crippen LogP contribution in [0.2, 0.25) is 0 Å². The van der Waals surface area contributed by atoms with Crippen molar-refractivity contribution in [2.45, 2.75) is 46.3 Å². The number of nitrogens with zero attached hydrogens (tertiary/aromatic N) is 2. The van der Waals surface area contributed by atoms with E-state index >= 15 is 0 Å². The minimum absolute atomic E-state index is 0.0274. The quantitative estimate of drug-likeness (QED) is 0.224. The average Bonchev–Trinajstić information content (AvgIpc) is 3.30. The number of fused-ring (bicyclic) bond motifs is 1. The van der Waals surface area contributed by atoms with Crippen LogP contribution in [0, 0.1) is 6.92 Å². The highest BCUT2D eigenvalue weighted by Crippen LogP contribution is 2.25. The lowest BCUT2D eigenvalue weighted by molar-refractivity contribution is -0.123. The van der Waals surface area contributed by atoms with Gasteiger partial charge in [-0.25, -0.2) is 0 Å². The van der Waals surface area contributed by atoms with Crippen LogP contribution in [0.5, 0.6) is 11.5 Å². The predicted molar refractivity (Wildman–Crippen MR) is 138 cm³/mol. The third-order valence-corrected chi connectivity index (χ3v) is 5.79. The van der Waals surface area contributed by atoms with Crippen LogP contribution in [0.3, 0.4) is 0 Å². The summed E-state index contributed by atoms with van der Waals surface area (Å²) in [5, 5.41) is 0. The maximum atomic E-state index is 11.8. The highest BCUT2D eigenvalue weighted by atomic mass is 16.5. The highest BCUT2D eigenvalue weighted by Gasteiger charge is 2.17. The molecule has 4 aromatic rings. The molecule has 0 bridgehead atoms. The van der Waals surface area contributed by atoms with Gasteiger partial charge in [0.15, 0.2) is 17.5 Å². The van der Waals surface area contributed by atoms with E-state index in [-0.39, 0.29) is 5.78 Å². The third kappa shape index (κ3) is 6.63. The molecule has 4 rings (SSSR count). The Morgan fingerprint density at radius 3 is 2.57 bits per heavy atom. The van der Waals surface area contributed by atoms with E-state index in [0.717, 1.165) is 28.8 Å². The second-order valence-electron chi connectivity index (χ2n) is 8.67. The van der Waals surface area contributed by atoms with E-state index < -0.39 is 6.10 Å². The molecule has 0 unspecified atom stereocenters. The summed E-state index contributed by atoms with van der Waals surface area (Å²) in [6, 6.07) is 24.3. The number of aryl methyl sites for hydroxylation is 1. The molecular formula is C29H32N2O4. The predicted octanol–water partition coefficient (Wildman–Crippen LogP) is 6.36. The van der Waals surface area contributed by atoms with E-state index in [1.807, 2.05) is 79.7 Å². The molecular weight excluding hydrogens is 440 g/mol. The van der Waals surface area contributed by atoms with Gasteiger partial charge in [-0.1, -0.05) is 48.9 Å². The van der Waals surface area contributed by atoms with Gasteiger partial charge < -0.3 is 18.8 Å². The molecule has 0 amide bonds. The van der Waals surface area contributed by atoms with E-state index in [2.05, 4.69) is 11.8 Å². The lowest BCUT2D eigenvalue weighted by Gasteiger charge is -2.21. The topological polar surface area (TPSA) is 64.8 Å². The molecule has 1 heterocycles. The van der Waals surface area contributed by atoms with Gasteiger partial charge in [0.25, 0.3) is 6.01 Å². The number of Topliss-reactive ketones (excluding diaryl/α,β-unsaturated/α-hetero) is 1. The fourth-order valence-corrected chi connectivity index (χ4v) is 3.87. The molecule has 182 valence electrons. The van der Waals surface area contributed by atoms with Gasteiger partial charge in [-0.3, -0.25) is 4.79 Å². The first-order chi connectivity index (χ1) is 17.0. The summed E-state index contributed by atoms with van der Waals surface area (Å²) in [6.07, 6.45) is 0.998. The van der Waals surface area contributed by atoms with Crippen molar-refractivity contribution in [2.75, 3.05) is 18.1 Å². The molecule has 6 nitrogen and oxygen atoms in total. The lowest BCUT2D eigenvalue weighted by atomic mass is 10.1. The zero-order chi connectivity index (χ0) is 24.6. The van der Waals surface area contributed by atoms with Crippen molar-refractivity contribution in [1.82, 2.24) is 4.98 Å². The Kier molecular flexibility index (Phi) is 8.03. The Balaban J connectivity index is 1.47. The summed E-state index contributed by atoms with van der Waals surface area (Å²) < 4.78 is 17.9. The van der Waals surface area contributed by atoms with Gasteiger partial charge in [-0.05, 0) is 68.7 Å². The second-order valence-corrected chi connectivity index (χ2v) is 8.67. The second kappa shape index (κ2) is 11.6. The van der Waals surface area contributed by atoms with Crippen LogP contribution in [0.1, 0.15) is 37.8 Å². The van der Waals surface area contributed by atoms with E-state index in [9.17, 15) is 4.79 Å². The van der Waals surface area contributed by atoms with Crippen LogP contribution in [0.25, 0.3) is 11.1 Å². The van der Waals surface area contributed by atoms with Crippen molar-refractivity contribution in [3.63, 3.8) is 0 Å². The van der Waals surface area contributed by atoms with E-state index in [1.165, 1.54) is 5.56 Å². The Hall–Kier alpha value is -3.80. The Morgan fingerprint density at radius 2 is 1.83 bits per heavy atom. The monoisotopic (exact) mass is 472 g/mol. The van der Waals surface area contributed by atoms with Gasteiger partial charge >= 0.3 is 0 Å². The van der Waals surface area contributed by atoms with Crippen LogP contribution in [-0.4, -0.2) is 30.0 Å². The van der Waals surface area contributed by atoms with Crippen LogP contribution >= 0.6 is 0 Å². The van der Waals surface area contributed by atoms with Crippen molar-refractivity contribution < 1.29 is 18.7 Å². The molecule has 3 aromatic carbocycles. The summed E-state index contributed by atoms with van der Waals surface area (Å²) >= 11 is 0. The molecule has 0 saturated carbocycles. The number of ether oxygens (including phenoxy) is 2. The number of benzene rings is 3. The van der Waals surface area contributed by atoms with E-state index in [1.54, 1.807) is 6.92 Å². The van der Waals surface area contributed by atoms with Gasteiger partial charge in [-0.2, -0.15) is 4.98 Å². The first kappa shape index (κ1) is 24.3. The van der Waals surface area contributed by atoms with Crippen molar-refractivity contribution >= 4 is 22.9 Å². The standard InChI is InChI=1S/C29H32N2O4/c1-4-27(22(3)32)34-25-10-7-9-23(19-25)20-31(29-30-26-11-5-6-12-28(26)35-29)17-8-18-33-24-15-13-21(2)14-16-24/h5-7,9-16,19,27H,4,8,17-18,20H2,1-3H3/t27-/m1/s1. The molecule has 1 atom stereocenters. The smallest absolute Gasteiger partial charge is 0.298 e. The maximum absolute atomic E-state index is 11.8. The molecule has 1 aromatic heterocycles. The third-order valence-electron chi connectivity index (χ3n) is 5.79. The minimum atomic E-state index is -0.433. The van der Waals surface area contributed by atoms with Crippen LogP contribution in [0.15, 0.2) is 77.2 Å². The average molecular weight is 473 g/mol. The normalized spacial score (nSPS) is 11.9. The molecule has 0 aliphatic rings. The number of aromatic nitrogens is 1. The maximum Gasteiger partial charge on any atom is 0.298 e. The Bertz CT molecular complexity index is 1220. The molecule has 6 heteroatoms. The summed E-state index contributed by atoms with van der Waals surface area (Å²) in [6.45, 7) is 7.44. The van der Waals surface area contributed by atoms with Crippen LogP contribution < -0.4 is 14.4 Å². The molecule has 0 fully saturated rings. The first-order valence-corrected chi connectivity index (χ1v) is 12.1. The van der Waals surface area contributed by atoms with Gasteiger partial charge in [-0.15, -0.1) is 0 Å². The zero-order valence-electron chi connectivity index (χ0n) is 20.6. The molecule has 0 spiro atoms. The van der Waals surface area contributed by atoms with Gasteiger partial charge in [0.2, 0.25) is 0 Å². The minimum Gasteiger partial charge on any atom is -0.494 e. The fourth-order valence-electron chi connectivity index (χ4n) is 3.87.